The first-order valence-corrected chi connectivity index (χ1v) is 4.49. The lowest BCUT2D eigenvalue weighted by molar-refractivity contribution is 0.407. The third kappa shape index (κ3) is 1.82. The first-order chi connectivity index (χ1) is 6.24. The molecule has 0 radical (unpaired) electrons. The fourth-order valence-corrected chi connectivity index (χ4v) is 1.66. The lowest BCUT2D eigenvalue weighted by Gasteiger charge is -2.09. The zero-order valence-electron chi connectivity index (χ0n) is 7.17. The molecule has 3 nitrogen and oxygen atoms in total. The van der Waals surface area contributed by atoms with Crippen LogP contribution >= 0.6 is 15.9 Å². The Balaban J connectivity index is 3.38. The summed E-state index contributed by atoms with van der Waals surface area (Å²) in [5.41, 5.74) is 6.81. The van der Waals surface area contributed by atoms with Crippen LogP contribution in [0.25, 0.3) is 0 Å². The molecule has 0 unspecified atom stereocenters. The summed E-state index contributed by atoms with van der Waals surface area (Å²) in [6, 6.07) is 5.56. The average molecular weight is 241 g/mol. The van der Waals surface area contributed by atoms with Crippen molar-refractivity contribution in [3.05, 3.63) is 27.7 Å². The van der Waals surface area contributed by atoms with E-state index < -0.39 is 0 Å². The molecule has 0 saturated carbocycles. The first-order valence-electron chi connectivity index (χ1n) is 3.70. The quantitative estimate of drug-likeness (QED) is 0.858. The summed E-state index contributed by atoms with van der Waals surface area (Å²) in [5, 5.41) is 8.78. The zero-order chi connectivity index (χ0) is 9.84. The van der Waals surface area contributed by atoms with Gasteiger partial charge in [0.05, 0.1) is 23.2 Å². The maximum atomic E-state index is 8.78. The van der Waals surface area contributed by atoms with E-state index in [0.29, 0.717) is 17.9 Å². The summed E-state index contributed by atoms with van der Waals surface area (Å²) in [6.07, 6.45) is 0. The number of nitrogens with zero attached hydrogens (tertiary/aromatic N) is 1. The molecule has 0 amide bonds. The van der Waals surface area contributed by atoms with E-state index in [1.54, 1.807) is 19.2 Å². The molecule has 0 aliphatic heterocycles. The summed E-state index contributed by atoms with van der Waals surface area (Å²) in [6.45, 7) is 0.297. The Morgan fingerprint density at radius 1 is 1.62 bits per heavy atom. The van der Waals surface area contributed by atoms with Gasteiger partial charge < -0.3 is 10.5 Å². The predicted molar refractivity (Wildman–Crippen MR) is 53.3 cm³/mol. The van der Waals surface area contributed by atoms with E-state index in [-0.39, 0.29) is 0 Å². The number of hydrogen-bond acceptors (Lipinski definition) is 3. The first kappa shape index (κ1) is 10.0. The Bertz CT molecular complexity index is 357. The summed E-state index contributed by atoms with van der Waals surface area (Å²) < 4.78 is 5.95. The summed E-state index contributed by atoms with van der Waals surface area (Å²) >= 11 is 3.32. The van der Waals surface area contributed by atoms with Crippen molar-refractivity contribution in [3.63, 3.8) is 0 Å². The van der Waals surface area contributed by atoms with Crippen molar-refractivity contribution in [2.24, 2.45) is 5.73 Å². The number of methoxy groups -OCH3 is 1. The smallest absolute Gasteiger partial charge is 0.138 e. The number of hydrogen-bond donors (Lipinski definition) is 1. The molecule has 0 saturated heterocycles. The minimum atomic E-state index is 0.297. The highest BCUT2D eigenvalue weighted by Gasteiger charge is 2.10. The molecule has 0 aliphatic carbocycles. The van der Waals surface area contributed by atoms with Gasteiger partial charge in [-0.2, -0.15) is 5.26 Å². The number of rotatable bonds is 2. The van der Waals surface area contributed by atoms with Gasteiger partial charge in [-0.05, 0) is 28.1 Å². The highest BCUT2D eigenvalue weighted by molar-refractivity contribution is 9.10. The second kappa shape index (κ2) is 4.26. The molecule has 1 aromatic carbocycles. The molecule has 13 heavy (non-hydrogen) atoms. The van der Waals surface area contributed by atoms with E-state index in [1.807, 2.05) is 0 Å². The van der Waals surface area contributed by atoms with Gasteiger partial charge in [-0.15, -0.1) is 0 Å². The number of nitrogens with two attached hydrogens (primary N) is 1. The Morgan fingerprint density at radius 2 is 2.31 bits per heavy atom. The minimum Gasteiger partial charge on any atom is -0.495 e. The van der Waals surface area contributed by atoms with Gasteiger partial charge in [0.25, 0.3) is 0 Å². The highest BCUT2D eigenvalue weighted by atomic mass is 79.9. The Morgan fingerprint density at radius 3 is 2.77 bits per heavy atom. The average Bonchev–Trinajstić information content (AvgIpc) is 2.17. The number of ether oxygens (including phenoxy) is 1. The van der Waals surface area contributed by atoms with Crippen LogP contribution in [0, 0.1) is 11.3 Å². The Hall–Kier alpha value is -1.05. The summed E-state index contributed by atoms with van der Waals surface area (Å²) in [5.74, 6) is 0.640. The van der Waals surface area contributed by atoms with Crippen LogP contribution in [0.4, 0.5) is 0 Å². The van der Waals surface area contributed by atoms with Crippen LogP contribution in [0.5, 0.6) is 5.75 Å². The summed E-state index contributed by atoms with van der Waals surface area (Å²) in [7, 11) is 1.56. The fraction of sp³-hybridized carbons (Fsp3) is 0.222. The largest absolute Gasteiger partial charge is 0.495 e. The zero-order valence-corrected chi connectivity index (χ0v) is 8.76. The van der Waals surface area contributed by atoms with Gasteiger partial charge in [0.1, 0.15) is 5.75 Å². The standard InChI is InChI=1S/C9H9BrN2O/c1-13-9-7(5-12)6(4-11)2-3-8(9)10/h2-3H,5,12H2,1H3. The molecule has 68 valence electrons. The SMILES string of the molecule is COc1c(Br)ccc(C#N)c1CN. The number of benzene rings is 1. The number of nitriles is 1. The highest BCUT2D eigenvalue weighted by Crippen LogP contribution is 2.30. The van der Waals surface area contributed by atoms with Crippen LogP contribution < -0.4 is 10.5 Å². The molecule has 0 bridgehead atoms. The van der Waals surface area contributed by atoms with Gasteiger partial charge >= 0.3 is 0 Å². The van der Waals surface area contributed by atoms with E-state index >= 15 is 0 Å². The van der Waals surface area contributed by atoms with E-state index in [0.717, 1.165) is 10.0 Å². The lowest BCUT2D eigenvalue weighted by atomic mass is 10.1. The third-order valence-corrected chi connectivity index (χ3v) is 2.37. The molecular weight excluding hydrogens is 232 g/mol. The Labute approximate surface area is 85.2 Å². The van der Waals surface area contributed by atoms with Crippen molar-refractivity contribution in [3.8, 4) is 11.8 Å². The van der Waals surface area contributed by atoms with E-state index in [2.05, 4.69) is 22.0 Å². The van der Waals surface area contributed by atoms with Gasteiger partial charge in [-0.25, -0.2) is 0 Å². The molecule has 0 aliphatic rings. The van der Waals surface area contributed by atoms with Crippen molar-refractivity contribution in [1.82, 2.24) is 0 Å². The molecule has 0 atom stereocenters. The lowest BCUT2D eigenvalue weighted by Crippen LogP contribution is -2.03. The van der Waals surface area contributed by atoms with Gasteiger partial charge in [-0.3, -0.25) is 0 Å². The van der Waals surface area contributed by atoms with E-state index in [4.69, 9.17) is 15.7 Å². The van der Waals surface area contributed by atoms with Crippen LogP contribution in [0.1, 0.15) is 11.1 Å². The fourth-order valence-electron chi connectivity index (χ4n) is 1.13. The van der Waals surface area contributed by atoms with Crippen molar-refractivity contribution < 1.29 is 4.74 Å². The van der Waals surface area contributed by atoms with Gasteiger partial charge in [0.15, 0.2) is 0 Å². The number of halogens is 1. The second-order valence-corrected chi connectivity index (χ2v) is 3.28. The second-order valence-electron chi connectivity index (χ2n) is 2.42. The molecule has 0 heterocycles. The van der Waals surface area contributed by atoms with Crippen LogP contribution in [-0.4, -0.2) is 7.11 Å². The van der Waals surface area contributed by atoms with Crippen molar-refractivity contribution in [2.75, 3.05) is 7.11 Å². The minimum absolute atomic E-state index is 0.297. The van der Waals surface area contributed by atoms with Crippen molar-refractivity contribution in [1.29, 1.82) is 5.26 Å². The van der Waals surface area contributed by atoms with Gasteiger partial charge in [0, 0.05) is 12.1 Å². The van der Waals surface area contributed by atoms with Crippen LogP contribution in [0.15, 0.2) is 16.6 Å². The molecule has 1 rings (SSSR count). The van der Waals surface area contributed by atoms with Crippen LogP contribution in [0.3, 0.4) is 0 Å². The summed E-state index contributed by atoms with van der Waals surface area (Å²) in [4.78, 5) is 0. The van der Waals surface area contributed by atoms with Gasteiger partial charge in [-0.1, -0.05) is 0 Å². The normalized spacial score (nSPS) is 9.38. The molecule has 0 fully saturated rings. The molecule has 2 N–H and O–H groups in total. The maximum absolute atomic E-state index is 8.78. The van der Waals surface area contributed by atoms with Crippen LogP contribution in [-0.2, 0) is 6.54 Å². The van der Waals surface area contributed by atoms with Gasteiger partial charge in [0.2, 0.25) is 0 Å². The molecule has 0 spiro atoms. The third-order valence-electron chi connectivity index (χ3n) is 1.74. The molecular formula is C9H9BrN2O. The van der Waals surface area contributed by atoms with Crippen molar-refractivity contribution >= 4 is 15.9 Å². The molecule has 0 aromatic heterocycles. The maximum Gasteiger partial charge on any atom is 0.138 e. The molecule has 4 heteroatoms. The van der Waals surface area contributed by atoms with E-state index in [1.165, 1.54) is 0 Å². The van der Waals surface area contributed by atoms with Crippen molar-refractivity contribution in [2.45, 2.75) is 6.54 Å². The monoisotopic (exact) mass is 240 g/mol. The Kier molecular flexibility index (Phi) is 3.29. The van der Waals surface area contributed by atoms with Crippen LogP contribution in [0.2, 0.25) is 0 Å². The molecule has 1 aromatic rings. The predicted octanol–water partition coefficient (Wildman–Crippen LogP) is 1.79. The topological polar surface area (TPSA) is 59.0 Å². The van der Waals surface area contributed by atoms with E-state index in [9.17, 15) is 0 Å².